The van der Waals surface area contributed by atoms with Gasteiger partial charge in [-0.15, -0.1) is 0 Å². The fourth-order valence-corrected chi connectivity index (χ4v) is 3.87. The summed E-state index contributed by atoms with van der Waals surface area (Å²) in [6.07, 6.45) is 3.16. The molecule has 1 aromatic carbocycles. The summed E-state index contributed by atoms with van der Waals surface area (Å²) < 4.78 is 10.7. The number of methoxy groups -OCH3 is 1. The molecule has 3 rings (SSSR count). The Morgan fingerprint density at radius 1 is 1.36 bits per heavy atom. The van der Waals surface area contributed by atoms with E-state index < -0.39 is 11.8 Å². The zero-order valence-corrected chi connectivity index (χ0v) is 12.6. The van der Waals surface area contributed by atoms with Gasteiger partial charge in [-0.3, -0.25) is 10.1 Å². The average Bonchev–Trinajstić information content (AvgIpc) is 2.53. The SMILES string of the molecule is COc1ccc([C@H]2[C@H]([N+](=O)[O-])CO[C@@]3(O)CCCC[C@H]23)cc1. The molecule has 1 aliphatic carbocycles. The van der Waals surface area contributed by atoms with Crippen molar-refractivity contribution in [1.82, 2.24) is 0 Å². The fourth-order valence-electron chi connectivity index (χ4n) is 3.87. The first-order valence-electron chi connectivity index (χ1n) is 7.69. The van der Waals surface area contributed by atoms with Crippen molar-refractivity contribution in [2.75, 3.05) is 13.7 Å². The highest BCUT2D eigenvalue weighted by Gasteiger charge is 2.55. The van der Waals surface area contributed by atoms with E-state index in [9.17, 15) is 15.2 Å². The number of hydrogen-bond donors (Lipinski definition) is 1. The molecule has 22 heavy (non-hydrogen) atoms. The second-order valence-corrected chi connectivity index (χ2v) is 6.16. The summed E-state index contributed by atoms with van der Waals surface area (Å²) in [5.74, 6) is -1.08. The fraction of sp³-hybridized carbons (Fsp3) is 0.625. The summed E-state index contributed by atoms with van der Waals surface area (Å²) in [6, 6.07) is 6.52. The number of benzene rings is 1. The van der Waals surface area contributed by atoms with Crippen LogP contribution < -0.4 is 4.74 Å². The van der Waals surface area contributed by atoms with Crippen LogP contribution in [0.2, 0.25) is 0 Å². The molecule has 1 saturated heterocycles. The Morgan fingerprint density at radius 2 is 2.09 bits per heavy atom. The van der Waals surface area contributed by atoms with Crippen molar-refractivity contribution in [3.05, 3.63) is 39.9 Å². The van der Waals surface area contributed by atoms with Crippen LogP contribution in [0.3, 0.4) is 0 Å². The maximum absolute atomic E-state index is 11.5. The van der Waals surface area contributed by atoms with Crippen LogP contribution in [0.4, 0.5) is 0 Å². The third kappa shape index (κ3) is 2.57. The van der Waals surface area contributed by atoms with Crippen molar-refractivity contribution in [3.8, 4) is 5.75 Å². The predicted octanol–water partition coefficient (Wildman–Crippen LogP) is 2.33. The predicted molar refractivity (Wildman–Crippen MR) is 79.4 cm³/mol. The Kier molecular flexibility index (Phi) is 4.06. The molecular formula is C16H21NO5. The Hall–Kier alpha value is -1.66. The summed E-state index contributed by atoms with van der Waals surface area (Å²) in [4.78, 5) is 11.2. The molecule has 1 aliphatic heterocycles. The third-order valence-corrected chi connectivity index (χ3v) is 5.00. The molecule has 0 aromatic heterocycles. The van der Waals surface area contributed by atoms with E-state index in [1.54, 1.807) is 7.11 Å². The number of rotatable bonds is 3. The number of ether oxygens (including phenoxy) is 2. The molecule has 120 valence electrons. The van der Waals surface area contributed by atoms with Gasteiger partial charge in [-0.2, -0.15) is 0 Å². The van der Waals surface area contributed by atoms with E-state index in [-0.39, 0.29) is 23.4 Å². The molecule has 0 radical (unpaired) electrons. The molecule has 4 atom stereocenters. The highest BCUT2D eigenvalue weighted by Crippen LogP contribution is 2.48. The molecule has 1 N–H and O–H groups in total. The van der Waals surface area contributed by atoms with E-state index in [0.717, 1.165) is 24.8 Å². The first-order chi connectivity index (χ1) is 10.5. The molecule has 6 heteroatoms. The smallest absolute Gasteiger partial charge is 0.243 e. The third-order valence-electron chi connectivity index (χ3n) is 5.00. The molecule has 6 nitrogen and oxygen atoms in total. The minimum Gasteiger partial charge on any atom is -0.497 e. The molecule has 2 fully saturated rings. The van der Waals surface area contributed by atoms with Gasteiger partial charge in [-0.05, 0) is 30.5 Å². The van der Waals surface area contributed by atoms with Crippen molar-refractivity contribution in [2.24, 2.45) is 5.92 Å². The number of hydrogen-bond acceptors (Lipinski definition) is 5. The zero-order chi connectivity index (χ0) is 15.7. The molecule has 2 aliphatic rings. The molecule has 0 unspecified atom stereocenters. The van der Waals surface area contributed by atoms with Gasteiger partial charge in [-0.25, -0.2) is 0 Å². The molecular weight excluding hydrogens is 286 g/mol. The summed E-state index contributed by atoms with van der Waals surface area (Å²) in [6.45, 7) is -0.0449. The van der Waals surface area contributed by atoms with Crippen molar-refractivity contribution < 1.29 is 19.5 Å². The molecule has 0 amide bonds. The van der Waals surface area contributed by atoms with Crippen molar-refractivity contribution >= 4 is 0 Å². The van der Waals surface area contributed by atoms with Crippen molar-refractivity contribution in [3.63, 3.8) is 0 Å². The van der Waals surface area contributed by atoms with Gasteiger partial charge in [0.2, 0.25) is 6.04 Å². The Balaban J connectivity index is 1.98. The van der Waals surface area contributed by atoms with Crippen LogP contribution in [0.1, 0.15) is 37.2 Å². The van der Waals surface area contributed by atoms with Gasteiger partial charge >= 0.3 is 0 Å². The van der Waals surface area contributed by atoms with Gasteiger partial charge in [0.05, 0.1) is 13.0 Å². The van der Waals surface area contributed by atoms with Crippen LogP contribution in [-0.2, 0) is 4.74 Å². The van der Waals surface area contributed by atoms with Gasteiger partial charge in [0.25, 0.3) is 0 Å². The Labute approximate surface area is 129 Å². The Bertz CT molecular complexity index is 546. The van der Waals surface area contributed by atoms with Gasteiger partial charge in [-0.1, -0.05) is 18.6 Å². The quantitative estimate of drug-likeness (QED) is 0.684. The van der Waals surface area contributed by atoms with Crippen LogP contribution in [0.15, 0.2) is 24.3 Å². The average molecular weight is 307 g/mol. The lowest BCUT2D eigenvalue weighted by molar-refractivity contribution is -0.548. The van der Waals surface area contributed by atoms with Crippen molar-refractivity contribution in [2.45, 2.75) is 43.4 Å². The molecule has 0 spiro atoms. The number of fused-ring (bicyclic) bond motifs is 1. The monoisotopic (exact) mass is 307 g/mol. The number of nitro groups is 1. The van der Waals surface area contributed by atoms with E-state index in [1.165, 1.54) is 0 Å². The number of aliphatic hydroxyl groups is 1. The highest BCUT2D eigenvalue weighted by atomic mass is 16.7. The maximum atomic E-state index is 11.5. The standard InChI is InChI=1S/C16H21NO5/c1-21-12-7-5-11(6-8-12)15-13-4-2-3-9-16(13,18)22-10-14(15)17(19)20/h5-8,13-15,18H,2-4,9-10H2,1H3/t13-,14-,15-,16+/m1/s1. The van der Waals surface area contributed by atoms with E-state index in [0.29, 0.717) is 12.2 Å². The van der Waals surface area contributed by atoms with Crippen LogP contribution in [-0.4, -0.2) is 35.6 Å². The molecule has 1 saturated carbocycles. The largest absolute Gasteiger partial charge is 0.497 e. The summed E-state index contributed by atoms with van der Waals surface area (Å²) in [7, 11) is 1.59. The minimum absolute atomic E-state index is 0.0449. The van der Waals surface area contributed by atoms with E-state index in [1.807, 2.05) is 24.3 Å². The summed E-state index contributed by atoms with van der Waals surface area (Å²) >= 11 is 0. The van der Waals surface area contributed by atoms with Crippen LogP contribution in [0.5, 0.6) is 5.75 Å². The van der Waals surface area contributed by atoms with Crippen molar-refractivity contribution in [1.29, 1.82) is 0 Å². The normalized spacial score (nSPS) is 34.7. The maximum Gasteiger partial charge on any atom is 0.243 e. The van der Waals surface area contributed by atoms with Crippen LogP contribution >= 0.6 is 0 Å². The molecule has 1 heterocycles. The summed E-state index contributed by atoms with van der Waals surface area (Å²) in [5.41, 5.74) is 0.871. The van der Waals surface area contributed by atoms with Gasteiger partial charge in [0.15, 0.2) is 5.79 Å². The second kappa shape index (κ2) is 5.85. The van der Waals surface area contributed by atoms with Gasteiger partial charge in [0, 0.05) is 17.3 Å². The molecule has 1 aromatic rings. The Morgan fingerprint density at radius 3 is 2.73 bits per heavy atom. The zero-order valence-electron chi connectivity index (χ0n) is 12.6. The van der Waals surface area contributed by atoms with E-state index in [2.05, 4.69) is 0 Å². The lowest BCUT2D eigenvalue weighted by Gasteiger charge is -2.47. The topological polar surface area (TPSA) is 81.8 Å². The molecule has 0 bridgehead atoms. The lowest BCUT2D eigenvalue weighted by Crippen LogP contribution is -2.56. The van der Waals surface area contributed by atoms with Crippen LogP contribution in [0, 0.1) is 16.0 Å². The van der Waals surface area contributed by atoms with E-state index >= 15 is 0 Å². The van der Waals surface area contributed by atoms with Gasteiger partial charge in [0.1, 0.15) is 12.4 Å². The minimum atomic E-state index is -1.23. The summed E-state index contributed by atoms with van der Waals surface area (Å²) in [5, 5.41) is 22.2. The number of nitrogens with zero attached hydrogens (tertiary/aromatic N) is 1. The lowest BCUT2D eigenvalue weighted by atomic mass is 9.68. The highest BCUT2D eigenvalue weighted by molar-refractivity contribution is 5.31. The van der Waals surface area contributed by atoms with Gasteiger partial charge < -0.3 is 14.6 Å². The van der Waals surface area contributed by atoms with Crippen LogP contribution in [0.25, 0.3) is 0 Å². The van der Waals surface area contributed by atoms with E-state index in [4.69, 9.17) is 9.47 Å². The first kappa shape index (κ1) is 15.2. The second-order valence-electron chi connectivity index (χ2n) is 6.16. The first-order valence-corrected chi connectivity index (χ1v) is 7.69.